The first kappa shape index (κ1) is 82.0. The van der Waals surface area contributed by atoms with Gasteiger partial charge in [-0.15, -0.1) is 83.9 Å². The Labute approximate surface area is 603 Å². The third-order valence-electron chi connectivity index (χ3n) is 13.8. The zero-order valence-corrected chi connectivity index (χ0v) is 58.7. The van der Waals surface area contributed by atoms with Crippen LogP contribution < -0.4 is 14.8 Å². The quantitative estimate of drug-likeness (QED) is 0.0222. The summed E-state index contributed by atoms with van der Waals surface area (Å²) in [5.74, 6) is -4.63. The second-order valence-corrected chi connectivity index (χ2v) is 27.2. The lowest BCUT2D eigenvalue weighted by atomic mass is 10.1. The minimum absolute atomic E-state index is 0.0244. The first-order chi connectivity index (χ1) is 50.2. The monoisotopic (exact) mass is 1620 g/mol. The number of hydrogen-bond acceptors (Lipinski definition) is 37. The molecule has 0 saturated carbocycles. The number of phenols is 4. The van der Waals surface area contributed by atoms with Crippen molar-refractivity contribution in [3.63, 3.8) is 0 Å². The molecule has 0 unspecified atom stereocenters. The van der Waals surface area contributed by atoms with Crippen LogP contribution in [0.2, 0.25) is 0 Å². The van der Waals surface area contributed by atoms with E-state index in [0.29, 0.717) is 22.9 Å². The fourth-order valence-electron chi connectivity index (χ4n) is 9.52. The molecule has 12 N–H and O–H groups in total. The molecular weight excluding hydrogens is 1570 g/mol. The van der Waals surface area contributed by atoms with Gasteiger partial charge in [-0.25, -0.2) is 4.79 Å². The number of anilines is 1. The highest BCUT2D eigenvalue weighted by molar-refractivity contribution is 7.87. The van der Waals surface area contributed by atoms with Crippen molar-refractivity contribution in [3.05, 3.63) is 139 Å². The standard InChI is InChI=1S/C58H45N11O22S4.3O3S/c1-59-40-13-10-35-34(9-14-42(55(35)74)62-60-30-7-8-33-28(20-30)6-12-41(54(33)73)63-61-39-5-3-2-4-37(39)58(76)77)52(40)68-64-43-15-11-36-38(57(43)95(87,88)89)25-50(94(84,85)86)53(56(36)75)69-66-45-27-48(90-18-16-70)44(26-49(45)91-19-17-71)65-67-46-23-31(92(78,79)80)21-29-22-32(93(81,82)83)24-47(72)51(29)46;3*1-4(2)3/h2-15,20-27,59,70-75H,16-19H2,1H3,(H,76,77)(H,78,79,80)(H,81,82,83)(H,84,85,86)(H,87,88,89);;;. The summed E-state index contributed by atoms with van der Waals surface area (Å²) in [6.07, 6.45) is 0. The predicted molar refractivity (Wildman–Crippen MR) is 366 cm³/mol. The van der Waals surface area contributed by atoms with Crippen LogP contribution in [0.4, 0.5) is 62.6 Å². The summed E-state index contributed by atoms with van der Waals surface area (Å²) in [6.45, 7) is -2.26. The Kier molecular flexibility index (Phi) is 26.5. The number of nitrogens with one attached hydrogen (secondary N) is 1. The Hall–Kier alpha value is -12.3. The van der Waals surface area contributed by atoms with Gasteiger partial charge in [-0.05, 0) is 108 Å². The molecule has 0 aliphatic rings. The first-order valence-corrected chi connectivity index (χ1v) is 37.1. The Morgan fingerprint density at radius 3 is 1.43 bits per heavy atom. The average molecular weight is 1620 g/mol. The van der Waals surface area contributed by atoms with E-state index in [1.54, 1.807) is 18.2 Å². The minimum Gasteiger partial charge on any atom is -0.507 e. The van der Waals surface area contributed by atoms with Crippen molar-refractivity contribution in [2.45, 2.75) is 19.6 Å². The molecule has 0 aliphatic carbocycles. The molecule has 0 saturated heterocycles. The van der Waals surface area contributed by atoms with Crippen molar-refractivity contribution in [1.29, 1.82) is 0 Å². The van der Waals surface area contributed by atoms with Gasteiger partial charge in [0.15, 0.2) is 17.2 Å². The van der Waals surface area contributed by atoms with Gasteiger partial charge >= 0.3 is 37.8 Å². The molecule has 0 spiro atoms. The lowest BCUT2D eigenvalue weighted by Crippen LogP contribution is -2.04. The summed E-state index contributed by atoms with van der Waals surface area (Å²) in [5, 5.41) is 117. The van der Waals surface area contributed by atoms with E-state index in [0.717, 1.165) is 42.5 Å². The number of carboxylic acid groups (broad SMARTS) is 1. The van der Waals surface area contributed by atoms with Crippen molar-refractivity contribution in [2.24, 2.45) is 51.1 Å². The van der Waals surface area contributed by atoms with Crippen molar-refractivity contribution in [2.75, 3.05) is 38.8 Å². The number of benzene rings is 10. The number of ether oxygens (including phenoxy) is 2. The molecule has 0 aliphatic heterocycles. The van der Waals surface area contributed by atoms with E-state index < -0.39 is 175 Å². The Balaban J connectivity index is 0.00000124. The van der Waals surface area contributed by atoms with Gasteiger partial charge in [0.05, 0.1) is 51.0 Å². The number of fused-ring (bicyclic) bond motifs is 4. The summed E-state index contributed by atoms with van der Waals surface area (Å²) in [5.41, 5.74) is -2.50. The van der Waals surface area contributed by atoms with Crippen molar-refractivity contribution in [1.82, 2.24) is 0 Å². The van der Waals surface area contributed by atoms with Crippen molar-refractivity contribution < 1.29 is 140 Å². The summed E-state index contributed by atoms with van der Waals surface area (Å²) in [4.78, 5) is 7.43. The minimum atomic E-state index is -5.57. The van der Waals surface area contributed by atoms with E-state index in [1.165, 1.54) is 67.7 Å². The van der Waals surface area contributed by atoms with Crippen LogP contribution in [0.3, 0.4) is 0 Å². The molecule has 10 rings (SSSR count). The van der Waals surface area contributed by atoms with Gasteiger partial charge < -0.3 is 50.5 Å². The van der Waals surface area contributed by atoms with E-state index in [-0.39, 0.29) is 84.2 Å². The van der Waals surface area contributed by atoms with E-state index >= 15 is 0 Å². The van der Waals surface area contributed by atoms with Crippen LogP contribution >= 0.6 is 0 Å². The van der Waals surface area contributed by atoms with Crippen LogP contribution in [0.1, 0.15) is 10.4 Å². The summed E-state index contributed by atoms with van der Waals surface area (Å²) >= 11 is 0. The highest BCUT2D eigenvalue weighted by Crippen LogP contribution is 2.50. The van der Waals surface area contributed by atoms with Gasteiger partial charge in [0, 0.05) is 52.2 Å². The number of azo groups is 5. The van der Waals surface area contributed by atoms with Crippen LogP contribution in [-0.4, -0.2) is 165 Å². The largest absolute Gasteiger partial charge is 0.507 e. The lowest BCUT2D eigenvalue weighted by molar-refractivity contribution is 0.0697. The normalized spacial score (nSPS) is 12.0. The van der Waals surface area contributed by atoms with E-state index in [1.807, 2.05) is 0 Å². The molecule has 107 heavy (non-hydrogen) atoms. The predicted octanol–water partition coefficient (Wildman–Crippen LogP) is 9.66. The number of aliphatic hydroxyl groups is 2. The molecule has 10 aromatic rings. The highest BCUT2D eigenvalue weighted by Gasteiger charge is 2.29. The van der Waals surface area contributed by atoms with Crippen LogP contribution in [-0.2, 0) is 72.3 Å². The number of aromatic hydroxyl groups is 4. The number of nitrogens with zero attached hydrogens (tertiary/aromatic N) is 10. The molecular formula is C58H45N11O31S7. The molecule has 42 nitrogen and oxygen atoms in total. The number of carboxylic acids is 1. The van der Waals surface area contributed by atoms with Crippen molar-refractivity contribution >= 4 is 184 Å². The molecule has 0 radical (unpaired) electrons. The molecule has 0 atom stereocenters. The zero-order chi connectivity index (χ0) is 79.2. The van der Waals surface area contributed by atoms with E-state index in [4.69, 9.17) is 47.4 Å². The lowest BCUT2D eigenvalue weighted by Gasteiger charge is -2.14. The van der Waals surface area contributed by atoms with E-state index in [9.17, 15) is 92.4 Å². The van der Waals surface area contributed by atoms with Crippen molar-refractivity contribution in [3.8, 4) is 34.5 Å². The molecule has 49 heteroatoms. The van der Waals surface area contributed by atoms with E-state index in [2.05, 4.69) is 56.5 Å². The second-order valence-electron chi connectivity index (χ2n) is 20.4. The number of rotatable bonds is 22. The van der Waals surface area contributed by atoms with Crippen LogP contribution in [0, 0.1) is 0 Å². The van der Waals surface area contributed by atoms with Gasteiger partial charge in [0.25, 0.3) is 40.5 Å². The molecule has 0 amide bonds. The SMILES string of the molecule is CNc1ccc2c(O)c(N=Nc3ccc4c(O)c(N=Nc5ccccc5C(=O)O)ccc4c3)ccc2c1N=Nc1ccc2c(O)c(N=Nc3cc(OCCO)c(N=Nc4cc(S(=O)(=O)O)cc5cc(S(=O)(=O)O)cc(O)c45)cc3OCCO)c(S(=O)(=O)O)cc2c1S(=O)(=O)O.O=S(=O)=O.O=S(=O)=O.O=S(=O)=O. The molecule has 0 fully saturated rings. The molecule has 0 aromatic heterocycles. The summed E-state index contributed by atoms with van der Waals surface area (Å²) in [7, 11) is -28.9. The first-order valence-electron chi connectivity index (χ1n) is 28.3. The molecule has 560 valence electrons. The fraction of sp³-hybridized carbons (Fsp3) is 0.0862. The van der Waals surface area contributed by atoms with Crippen LogP contribution in [0.15, 0.2) is 204 Å². The fourth-order valence-corrected chi connectivity index (χ4v) is 12.1. The Bertz CT molecular complexity index is 6210. The number of carbonyl (C=O) groups is 1. The third-order valence-corrected chi connectivity index (χ3v) is 17.3. The number of aromatic carboxylic acids is 1. The number of phenolic OH excluding ortho intramolecular Hbond substituents is 4. The smallest absolute Gasteiger partial charge is 0.425 e. The molecule has 0 heterocycles. The summed E-state index contributed by atoms with van der Waals surface area (Å²) < 4.78 is 230. The van der Waals surface area contributed by atoms with Gasteiger partial charge in [-0.2, -0.15) is 38.8 Å². The van der Waals surface area contributed by atoms with Gasteiger partial charge in [0.1, 0.15) is 85.8 Å². The topological polar surface area (TPSA) is 684 Å². The maximum atomic E-state index is 13.3. The average Bonchev–Trinajstić information content (AvgIpc) is 0.747. The molecule has 0 bridgehead atoms. The van der Waals surface area contributed by atoms with Gasteiger partial charge in [-0.1, -0.05) is 18.2 Å². The zero-order valence-electron chi connectivity index (χ0n) is 52.9. The van der Waals surface area contributed by atoms with Crippen LogP contribution in [0.5, 0.6) is 34.5 Å². The second kappa shape index (κ2) is 34.6. The van der Waals surface area contributed by atoms with Gasteiger partial charge in [0.2, 0.25) is 0 Å². The highest BCUT2D eigenvalue weighted by atomic mass is 32.2. The maximum absolute atomic E-state index is 13.3. The van der Waals surface area contributed by atoms with Gasteiger partial charge in [-0.3, -0.25) is 18.2 Å². The number of hydrogen-bond donors (Lipinski definition) is 12. The molecule has 10 aromatic carbocycles. The maximum Gasteiger partial charge on any atom is 0.425 e. The summed E-state index contributed by atoms with van der Waals surface area (Å²) in [6, 6.07) is 26.9. The number of aliphatic hydroxyl groups excluding tert-OH is 2. The Morgan fingerprint density at radius 1 is 0.421 bits per heavy atom. The third kappa shape index (κ3) is 20.8. The Morgan fingerprint density at radius 2 is 0.879 bits per heavy atom. The van der Waals surface area contributed by atoms with Crippen LogP contribution in [0.25, 0.3) is 43.1 Å².